The first kappa shape index (κ1) is 15.8. The van der Waals surface area contributed by atoms with Crippen molar-refractivity contribution >= 4 is 0 Å². The van der Waals surface area contributed by atoms with Crippen LogP contribution >= 0.6 is 0 Å². The highest BCUT2D eigenvalue weighted by Crippen LogP contribution is 2.28. The van der Waals surface area contributed by atoms with E-state index < -0.39 is 0 Å². The summed E-state index contributed by atoms with van der Waals surface area (Å²) in [7, 11) is 1.55. The van der Waals surface area contributed by atoms with Gasteiger partial charge in [0.2, 0.25) is 0 Å². The van der Waals surface area contributed by atoms with Crippen LogP contribution in [0.5, 0.6) is 11.5 Å². The molecule has 1 aromatic carbocycles. The molecule has 0 amide bonds. The first-order valence-electron chi connectivity index (χ1n) is 6.38. The van der Waals surface area contributed by atoms with Gasteiger partial charge in [-0.2, -0.15) is 0 Å². The number of ether oxygens (including phenoxy) is 2. The number of benzene rings is 1. The SMILES string of the molecule is COc1cc(CO)ccc1OCC(CO)NC(C)C. The molecule has 0 aliphatic rings. The third kappa shape index (κ3) is 5.06. The van der Waals surface area contributed by atoms with E-state index >= 15 is 0 Å². The monoisotopic (exact) mass is 269 g/mol. The number of hydrogen-bond acceptors (Lipinski definition) is 5. The standard InChI is InChI=1S/C14H23NO4/c1-10(2)15-12(8-17)9-19-13-5-4-11(7-16)6-14(13)18-3/h4-6,10,12,15-17H,7-9H2,1-3H3. The van der Waals surface area contributed by atoms with E-state index in [0.29, 0.717) is 18.1 Å². The molecule has 0 fully saturated rings. The van der Waals surface area contributed by atoms with Gasteiger partial charge in [-0.1, -0.05) is 19.9 Å². The van der Waals surface area contributed by atoms with Crippen LogP contribution in [0.4, 0.5) is 0 Å². The minimum absolute atomic E-state index is 0.00915. The van der Waals surface area contributed by atoms with Gasteiger partial charge in [0.1, 0.15) is 6.61 Å². The van der Waals surface area contributed by atoms with Gasteiger partial charge >= 0.3 is 0 Å². The maximum absolute atomic E-state index is 9.25. The molecule has 0 aliphatic heterocycles. The van der Waals surface area contributed by atoms with Gasteiger partial charge in [-0.3, -0.25) is 0 Å². The Morgan fingerprint density at radius 3 is 2.47 bits per heavy atom. The predicted molar refractivity (Wildman–Crippen MR) is 73.6 cm³/mol. The number of nitrogens with one attached hydrogen (secondary N) is 1. The number of aliphatic hydroxyl groups is 2. The van der Waals surface area contributed by atoms with Crippen molar-refractivity contribution in [2.75, 3.05) is 20.3 Å². The Morgan fingerprint density at radius 2 is 1.95 bits per heavy atom. The highest BCUT2D eigenvalue weighted by Gasteiger charge is 2.12. The van der Waals surface area contributed by atoms with Crippen molar-refractivity contribution in [3.63, 3.8) is 0 Å². The van der Waals surface area contributed by atoms with Crippen LogP contribution in [-0.2, 0) is 6.61 Å². The predicted octanol–water partition coefficient (Wildman–Crippen LogP) is 0.925. The Hall–Kier alpha value is -1.30. The second kappa shape index (κ2) is 7.99. The zero-order valence-corrected chi connectivity index (χ0v) is 11.7. The molecule has 0 aromatic heterocycles. The molecule has 108 valence electrons. The molecule has 1 aromatic rings. The van der Waals surface area contributed by atoms with E-state index in [4.69, 9.17) is 14.6 Å². The van der Waals surface area contributed by atoms with Gasteiger partial charge in [0.05, 0.1) is 26.4 Å². The fourth-order valence-corrected chi connectivity index (χ4v) is 1.74. The second-order valence-electron chi connectivity index (χ2n) is 4.66. The summed E-state index contributed by atoms with van der Waals surface area (Å²) in [5, 5.41) is 21.5. The third-order valence-electron chi connectivity index (χ3n) is 2.64. The van der Waals surface area contributed by atoms with E-state index in [0.717, 1.165) is 5.56 Å². The fourth-order valence-electron chi connectivity index (χ4n) is 1.74. The topological polar surface area (TPSA) is 71.0 Å². The lowest BCUT2D eigenvalue weighted by Gasteiger charge is -2.20. The molecule has 5 nitrogen and oxygen atoms in total. The molecule has 1 rings (SSSR count). The van der Waals surface area contributed by atoms with Gasteiger partial charge in [-0.25, -0.2) is 0 Å². The Balaban J connectivity index is 2.65. The summed E-state index contributed by atoms with van der Waals surface area (Å²) in [5.74, 6) is 1.18. The summed E-state index contributed by atoms with van der Waals surface area (Å²) in [4.78, 5) is 0. The van der Waals surface area contributed by atoms with Gasteiger partial charge in [-0.05, 0) is 17.7 Å². The summed E-state index contributed by atoms with van der Waals surface area (Å²) >= 11 is 0. The third-order valence-corrected chi connectivity index (χ3v) is 2.64. The molecule has 1 atom stereocenters. The van der Waals surface area contributed by atoms with Crippen LogP contribution in [0.25, 0.3) is 0 Å². The first-order valence-corrected chi connectivity index (χ1v) is 6.38. The highest BCUT2D eigenvalue weighted by molar-refractivity contribution is 5.42. The van der Waals surface area contributed by atoms with Gasteiger partial charge < -0.3 is 25.0 Å². The molecule has 1 unspecified atom stereocenters. The van der Waals surface area contributed by atoms with Gasteiger partial charge in [0.15, 0.2) is 11.5 Å². The molecule has 0 spiro atoms. The minimum atomic E-state index is -0.123. The zero-order valence-electron chi connectivity index (χ0n) is 11.7. The molecule has 0 saturated heterocycles. The van der Waals surface area contributed by atoms with E-state index in [1.165, 1.54) is 0 Å². The Bertz CT molecular complexity index is 382. The molecular formula is C14H23NO4. The molecule has 3 N–H and O–H groups in total. The van der Waals surface area contributed by atoms with E-state index in [-0.39, 0.29) is 25.3 Å². The van der Waals surface area contributed by atoms with Crippen molar-refractivity contribution in [3.8, 4) is 11.5 Å². The van der Waals surface area contributed by atoms with Crippen LogP contribution in [0.3, 0.4) is 0 Å². The number of hydrogen-bond donors (Lipinski definition) is 3. The Morgan fingerprint density at radius 1 is 1.21 bits per heavy atom. The Kier molecular flexibility index (Phi) is 6.62. The molecule has 0 radical (unpaired) electrons. The van der Waals surface area contributed by atoms with Crippen LogP contribution < -0.4 is 14.8 Å². The average Bonchev–Trinajstić information content (AvgIpc) is 2.42. The van der Waals surface area contributed by atoms with Gasteiger partial charge in [-0.15, -0.1) is 0 Å². The first-order chi connectivity index (χ1) is 9.10. The van der Waals surface area contributed by atoms with E-state index in [2.05, 4.69) is 5.32 Å². The maximum atomic E-state index is 9.25. The summed E-state index contributed by atoms with van der Waals surface area (Å²) in [6.07, 6.45) is 0. The van der Waals surface area contributed by atoms with E-state index in [9.17, 15) is 5.11 Å². The lowest BCUT2D eigenvalue weighted by Crippen LogP contribution is -2.41. The van der Waals surface area contributed by atoms with E-state index in [1.807, 2.05) is 13.8 Å². The lowest BCUT2D eigenvalue weighted by atomic mass is 10.2. The molecule has 0 heterocycles. The smallest absolute Gasteiger partial charge is 0.161 e. The van der Waals surface area contributed by atoms with Crippen molar-refractivity contribution in [3.05, 3.63) is 23.8 Å². The van der Waals surface area contributed by atoms with Crippen LogP contribution in [0.2, 0.25) is 0 Å². The van der Waals surface area contributed by atoms with E-state index in [1.54, 1.807) is 25.3 Å². The summed E-state index contributed by atoms with van der Waals surface area (Å²) in [6, 6.07) is 5.43. The molecule has 0 saturated carbocycles. The van der Waals surface area contributed by atoms with Crippen LogP contribution in [0, 0.1) is 0 Å². The van der Waals surface area contributed by atoms with Crippen molar-refractivity contribution in [2.24, 2.45) is 0 Å². The maximum Gasteiger partial charge on any atom is 0.161 e. The number of rotatable bonds is 8. The number of methoxy groups -OCH3 is 1. The average molecular weight is 269 g/mol. The molecular weight excluding hydrogens is 246 g/mol. The molecule has 0 aliphatic carbocycles. The van der Waals surface area contributed by atoms with Gasteiger partial charge in [0, 0.05) is 6.04 Å². The highest BCUT2D eigenvalue weighted by atomic mass is 16.5. The fraction of sp³-hybridized carbons (Fsp3) is 0.571. The molecule has 0 bridgehead atoms. The summed E-state index contributed by atoms with van der Waals surface area (Å²) in [5.41, 5.74) is 0.767. The van der Waals surface area contributed by atoms with Gasteiger partial charge in [0.25, 0.3) is 0 Å². The quantitative estimate of drug-likeness (QED) is 0.655. The minimum Gasteiger partial charge on any atom is -0.493 e. The van der Waals surface area contributed by atoms with Crippen molar-refractivity contribution < 1.29 is 19.7 Å². The summed E-state index contributed by atoms with van der Waals surface area (Å²) < 4.78 is 10.9. The normalized spacial score (nSPS) is 12.5. The van der Waals surface area contributed by atoms with Crippen molar-refractivity contribution in [1.29, 1.82) is 0 Å². The Labute approximate surface area is 114 Å². The van der Waals surface area contributed by atoms with Crippen molar-refractivity contribution in [2.45, 2.75) is 32.5 Å². The van der Waals surface area contributed by atoms with Crippen molar-refractivity contribution in [1.82, 2.24) is 5.32 Å². The van der Waals surface area contributed by atoms with Crippen LogP contribution in [-0.4, -0.2) is 42.6 Å². The van der Waals surface area contributed by atoms with Crippen LogP contribution in [0.15, 0.2) is 18.2 Å². The molecule has 19 heavy (non-hydrogen) atoms. The van der Waals surface area contributed by atoms with Crippen LogP contribution in [0.1, 0.15) is 19.4 Å². The number of aliphatic hydroxyl groups excluding tert-OH is 2. The largest absolute Gasteiger partial charge is 0.493 e. The molecule has 5 heteroatoms. The lowest BCUT2D eigenvalue weighted by molar-refractivity contribution is 0.174. The zero-order chi connectivity index (χ0) is 14.3. The second-order valence-corrected chi connectivity index (χ2v) is 4.66. The summed E-state index contributed by atoms with van der Waals surface area (Å²) in [6.45, 7) is 4.35.